The lowest BCUT2D eigenvalue weighted by molar-refractivity contribution is -0.0709. The zero-order chi connectivity index (χ0) is 42.8. The number of alkyl halides is 18. The second kappa shape index (κ2) is 13.1. The summed E-state index contributed by atoms with van der Waals surface area (Å²) in [5.41, 5.74) is -26.1. The molecule has 0 spiro atoms. The van der Waals surface area contributed by atoms with Gasteiger partial charge in [0.1, 0.15) is 38.0 Å². The lowest BCUT2D eigenvalue weighted by Gasteiger charge is -2.13. The molecule has 0 aliphatic rings. The minimum Gasteiger partial charge on any atom is -0.450 e. The second-order valence-corrected chi connectivity index (χ2v) is 14.1. The van der Waals surface area contributed by atoms with Crippen LogP contribution >= 0.6 is 0 Å². The van der Waals surface area contributed by atoms with Crippen LogP contribution in [0.5, 0.6) is 0 Å². The summed E-state index contributed by atoms with van der Waals surface area (Å²) in [5.74, 6) is -21.3. The van der Waals surface area contributed by atoms with E-state index in [4.69, 9.17) is 0 Å². The molecule has 0 fully saturated rings. The van der Waals surface area contributed by atoms with E-state index in [1.807, 2.05) is 0 Å². The fourth-order valence-corrected chi connectivity index (χ4v) is 7.25. The minimum absolute atomic E-state index is 2.89. The van der Waals surface area contributed by atoms with E-state index in [9.17, 15) is 91.7 Å². The molecule has 306 valence electrons. The van der Waals surface area contributed by atoms with Crippen molar-refractivity contribution in [3.05, 3.63) is 50.6 Å². The molecule has 4 nitrogen and oxygen atoms in total. The molecule has 0 amide bonds. The van der Waals surface area contributed by atoms with Crippen LogP contribution in [0, 0.1) is 34.9 Å². The van der Waals surface area contributed by atoms with Crippen LogP contribution < -0.4 is 15.7 Å². The first kappa shape index (κ1) is 44.0. The van der Waals surface area contributed by atoms with Gasteiger partial charge in [-0.05, 0) is 0 Å². The van der Waals surface area contributed by atoms with Gasteiger partial charge in [-0.3, -0.25) is 0 Å². The van der Waals surface area contributed by atoms with Gasteiger partial charge in [-0.15, -0.1) is 0 Å². The molecule has 0 saturated heterocycles. The Kier molecular flexibility index (Phi) is 10.5. The van der Waals surface area contributed by atoms with Crippen LogP contribution in [0.15, 0.2) is 4.42 Å². The molecule has 55 heavy (non-hydrogen) atoms. The highest BCUT2D eigenvalue weighted by Gasteiger charge is 2.54. The standard InChI is InChI=1S/C24F24O4S3/c25-8-1-2(9(26)5(8)16(19(31,32)33)53(49)22(40,41)42)4-11(28)7(18(21(37,38)39)55(51)24(46,47)48)13(30)15(4)52-14-3(1)10(27)6(12(14)29)17(20(34,35)36)54(50)23(43,44)45/b16-5?,17-6-,18-7+. The van der Waals surface area contributed by atoms with E-state index in [0.29, 0.717) is 0 Å². The fraction of sp³-hybridized carbons (Fsp3) is 0.250. The number of fused-ring (bicyclic) bond motifs is 5. The average Bonchev–Trinajstić information content (AvgIpc) is 3.38. The quantitative estimate of drug-likeness (QED) is 0.195. The van der Waals surface area contributed by atoms with Gasteiger partial charge in [-0.2, -0.15) is 79.0 Å². The van der Waals surface area contributed by atoms with Gasteiger partial charge in [0, 0.05) is 10.8 Å². The SMILES string of the molecule is O=S(C(=c1c(F)c2c3c(F)/c(=C(/S(=O)C(F)(F)F)C(F)(F)F)c(F)c3oc3c(F)/c(=C(/S(=O)C(F)(F)F)C(F)(F)F)c(F)c3c2c1F)C(F)(F)F)C(F)(F)F. The molecule has 0 bridgehead atoms. The van der Waals surface area contributed by atoms with Gasteiger partial charge in [0.2, 0.25) is 0 Å². The normalized spacial score (nSPS) is 17.6. The van der Waals surface area contributed by atoms with E-state index >= 15 is 26.3 Å². The van der Waals surface area contributed by atoms with Gasteiger partial charge >= 0.3 is 35.1 Å². The second-order valence-electron chi connectivity index (χ2n) is 9.89. The van der Waals surface area contributed by atoms with Crippen molar-refractivity contribution in [3.8, 4) is 0 Å². The lowest BCUT2D eigenvalue weighted by atomic mass is 10.1. The predicted octanol–water partition coefficient (Wildman–Crippen LogP) is 8.11. The molecule has 0 aliphatic carbocycles. The molecule has 0 saturated carbocycles. The Balaban J connectivity index is 2.73. The summed E-state index contributed by atoms with van der Waals surface area (Å²) in [6, 6.07) is 0. The third-order valence-electron chi connectivity index (χ3n) is 6.64. The maximum absolute atomic E-state index is 16.0. The summed E-state index contributed by atoms with van der Waals surface area (Å²) in [7, 11) is -17.2. The molecule has 3 unspecified atom stereocenters. The highest BCUT2D eigenvalue weighted by molar-refractivity contribution is 7.95. The van der Waals surface area contributed by atoms with Crippen LogP contribution in [-0.2, 0) is 32.4 Å². The molecular formula is C24F24O4S3. The van der Waals surface area contributed by atoms with Crippen molar-refractivity contribution >= 4 is 79.8 Å². The molecule has 3 atom stereocenters. The van der Waals surface area contributed by atoms with E-state index in [0.717, 1.165) is 0 Å². The highest BCUT2D eigenvalue weighted by atomic mass is 32.2. The Labute approximate surface area is 288 Å². The lowest BCUT2D eigenvalue weighted by Crippen LogP contribution is -2.32. The van der Waals surface area contributed by atoms with Gasteiger partial charge in [0.15, 0.2) is 55.2 Å². The molecular weight excluding hydrogens is 904 g/mol. The van der Waals surface area contributed by atoms with Gasteiger partial charge in [0.25, 0.3) is 0 Å². The number of halogens is 24. The summed E-state index contributed by atoms with van der Waals surface area (Å²) in [5, 5.41) is -22.1. The third kappa shape index (κ3) is 7.11. The minimum atomic E-state index is -6.97. The third-order valence-corrected chi connectivity index (χ3v) is 10.3. The molecule has 1 aromatic heterocycles. The van der Waals surface area contributed by atoms with Crippen molar-refractivity contribution in [2.75, 3.05) is 0 Å². The van der Waals surface area contributed by atoms with E-state index in [1.165, 1.54) is 0 Å². The Morgan fingerprint density at radius 1 is 0.345 bits per heavy atom. The molecule has 4 aromatic rings. The van der Waals surface area contributed by atoms with Crippen molar-refractivity contribution in [1.82, 2.24) is 0 Å². The predicted molar refractivity (Wildman–Crippen MR) is 136 cm³/mol. The van der Waals surface area contributed by atoms with Gasteiger partial charge in [-0.25, -0.2) is 39.0 Å². The Hall–Kier alpha value is -3.77. The number of rotatable bonds is 3. The van der Waals surface area contributed by atoms with Crippen LogP contribution in [0.4, 0.5) is 105 Å². The van der Waals surface area contributed by atoms with Crippen LogP contribution in [0.25, 0.3) is 47.4 Å². The van der Waals surface area contributed by atoms with Gasteiger partial charge in [-0.1, -0.05) is 0 Å². The maximum atomic E-state index is 16.0. The van der Waals surface area contributed by atoms with E-state index in [1.54, 1.807) is 0 Å². The Morgan fingerprint density at radius 2 is 0.545 bits per heavy atom. The first-order valence-corrected chi connectivity index (χ1v) is 15.9. The van der Waals surface area contributed by atoms with Gasteiger partial charge in [0.05, 0.1) is 26.4 Å². The van der Waals surface area contributed by atoms with Crippen molar-refractivity contribution in [1.29, 1.82) is 0 Å². The Bertz CT molecular complexity index is 2420. The fourth-order valence-electron chi connectivity index (χ4n) is 4.83. The number of hydrogen-bond acceptors (Lipinski definition) is 4. The Morgan fingerprint density at radius 3 is 0.745 bits per heavy atom. The molecule has 4 rings (SSSR count). The zero-order valence-electron chi connectivity index (χ0n) is 23.9. The summed E-state index contributed by atoms with van der Waals surface area (Å²) in [6.07, 6.45) is -20.8. The molecule has 0 aliphatic heterocycles. The summed E-state index contributed by atoms with van der Waals surface area (Å²) < 4.78 is 377. The van der Waals surface area contributed by atoms with E-state index in [2.05, 4.69) is 4.42 Å². The van der Waals surface area contributed by atoms with Crippen LogP contribution in [0.3, 0.4) is 0 Å². The monoisotopic (exact) mass is 904 g/mol. The molecule has 1 heterocycles. The zero-order valence-corrected chi connectivity index (χ0v) is 26.4. The van der Waals surface area contributed by atoms with Crippen LogP contribution in [-0.4, -0.2) is 47.7 Å². The largest absolute Gasteiger partial charge is 0.475 e. The van der Waals surface area contributed by atoms with Crippen molar-refractivity contribution in [3.63, 3.8) is 0 Å². The van der Waals surface area contributed by atoms with Crippen molar-refractivity contribution < 1.29 is 122 Å². The van der Waals surface area contributed by atoms with Crippen LogP contribution in [0.1, 0.15) is 0 Å². The summed E-state index contributed by atoms with van der Waals surface area (Å²) in [4.78, 5) is -11.9. The van der Waals surface area contributed by atoms with Crippen molar-refractivity contribution in [2.24, 2.45) is 0 Å². The average molecular weight is 904 g/mol. The van der Waals surface area contributed by atoms with Crippen molar-refractivity contribution in [2.45, 2.75) is 35.1 Å². The molecule has 0 N–H and O–H groups in total. The topological polar surface area (TPSA) is 64.3 Å². The molecule has 3 aromatic carbocycles. The first-order chi connectivity index (χ1) is 24.4. The van der Waals surface area contributed by atoms with E-state index < -0.39 is 165 Å². The summed E-state index contributed by atoms with van der Waals surface area (Å²) >= 11 is 0. The van der Waals surface area contributed by atoms with Gasteiger partial charge < -0.3 is 4.42 Å². The van der Waals surface area contributed by atoms with Crippen LogP contribution in [0.2, 0.25) is 0 Å². The molecule has 0 radical (unpaired) electrons. The smallest absolute Gasteiger partial charge is 0.450 e. The summed E-state index contributed by atoms with van der Waals surface area (Å²) in [6.45, 7) is 0. The molecule has 31 heteroatoms. The highest BCUT2D eigenvalue weighted by Crippen LogP contribution is 2.44. The van der Waals surface area contributed by atoms with E-state index in [-0.39, 0.29) is 0 Å². The number of hydrogen-bond donors (Lipinski definition) is 0. The maximum Gasteiger partial charge on any atom is 0.475 e. The first-order valence-electron chi connectivity index (χ1n) is 12.4.